The molecule has 0 spiro atoms. The van der Waals surface area contributed by atoms with E-state index in [0.717, 1.165) is 37.4 Å². The molecule has 3 aromatic carbocycles. The van der Waals surface area contributed by atoms with Crippen LogP contribution in [-0.2, 0) is 0 Å². The minimum Gasteiger partial charge on any atom is -0.508 e. The zero-order valence-electron chi connectivity index (χ0n) is 14.8. The van der Waals surface area contributed by atoms with E-state index in [9.17, 15) is 10.2 Å². The number of hydrogen-bond donors (Lipinski definition) is 2. The van der Waals surface area contributed by atoms with E-state index in [2.05, 4.69) is 34.1 Å². The second-order valence-corrected chi connectivity index (χ2v) is 6.93. The molecule has 0 radical (unpaired) electrons. The van der Waals surface area contributed by atoms with Crippen LogP contribution in [0, 0.1) is 0 Å². The predicted octanol–water partition coefficient (Wildman–Crippen LogP) is 3.40. The lowest BCUT2D eigenvalue weighted by Crippen LogP contribution is -2.47. The summed E-state index contributed by atoms with van der Waals surface area (Å²) in [5.41, 5.74) is 2.11. The summed E-state index contributed by atoms with van der Waals surface area (Å²) in [6, 6.07) is 21.8. The van der Waals surface area contributed by atoms with Gasteiger partial charge in [-0.15, -0.1) is 0 Å². The number of phenols is 1. The van der Waals surface area contributed by atoms with Crippen LogP contribution in [0.15, 0.2) is 66.7 Å². The van der Waals surface area contributed by atoms with Gasteiger partial charge in [0.15, 0.2) is 0 Å². The summed E-state index contributed by atoms with van der Waals surface area (Å²) in [5.74, 6) is 0.297. The summed E-state index contributed by atoms with van der Waals surface area (Å²) in [4.78, 5) is 4.63. The van der Waals surface area contributed by atoms with Crippen LogP contribution in [0.1, 0.15) is 11.7 Å². The molecule has 4 nitrogen and oxygen atoms in total. The van der Waals surface area contributed by atoms with E-state index in [1.807, 2.05) is 30.3 Å². The maximum absolute atomic E-state index is 10.7. The number of β-amino-alcohol motifs (C(OH)–C–C–N with tert-alkyl or cyclic N) is 1. The van der Waals surface area contributed by atoms with Crippen molar-refractivity contribution in [3.05, 3.63) is 72.3 Å². The third-order valence-corrected chi connectivity index (χ3v) is 5.18. The zero-order valence-corrected chi connectivity index (χ0v) is 14.8. The highest BCUT2D eigenvalue weighted by Gasteiger charge is 2.20. The topological polar surface area (TPSA) is 46.9 Å². The maximum atomic E-state index is 10.7. The Hall–Kier alpha value is -2.56. The molecule has 3 aromatic rings. The van der Waals surface area contributed by atoms with Crippen molar-refractivity contribution in [1.82, 2.24) is 4.90 Å². The molecule has 0 aliphatic carbocycles. The molecule has 0 bridgehead atoms. The fraction of sp³-hybridized carbons (Fsp3) is 0.273. The van der Waals surface area contributed by atoms with Gasteiger partial charge in [0.2, 0.25) is 0 Å². The van der Waals surface area contributed by atoms with Crippen molar-refractivity contribution in [3.63, 3.8) is 0 Å². The first-order chi connectivity index (χ1) is 12.7. The Balaban J connectivity index is 1.36. The van der Waals surface area contributed by atoms with E-state index in [1.54, 1.807) is 12.1 Å². The smallest absolute Gasteiger partial charge is 0.115 e. The Morgan fingerprint density at radius 2 is 1.50 bits per heavy atom. The SMILES string of the molecule is Oc1ccc(N2CCN(CC(O)c3ccc4ccccc4c3)CC2)cc1. The molecule has 1 aliphatic heterocycles. The highest BCUT2D eigenvalue weighted by Crippen LogP contribution is 2.23. The van der Waals surface area contributed by atoms with Crippen LogP contribution in [0.5, 0.6) is 5.75 Å². The Bertz CT molecular complexity index is 871. The van der Waals surface area contributed by atoms with Gasteiger partial charge in [0.25, 0.3) is 0 Å². The fourth-order valence-electron chi connectivity index (χ4n) is 3.62. The normalized spacial score (nSPS) is 16.7. The third kappa shape index (κ3) is 3.66. The highest BCUT2D eigenvalue weighted by molar-refractivity contribution is 5.83. The summed E-state index contributed by atoms with van der Waals surface area (Å²) in [5, 5.41) is 22.4. The van der Waals surface area contributed by atoms with Gasteiger partial charge in [-0.3, -0.25) is 4.90 Å². The summed E-state index contributed by atoms with van der Waals surface area (Å²) < 4.78 is 0. The summed E-state index contributed by atoms with van der Waals surface area (Å²) in [7, 11) is 0. The Morgan fingerprint density at radius 3 is 2.23 bits per heavy atom. The first-order valence-corrected chi connectivity index (χ1v) is 9.12. The molecular weight excluding hydrogens is 324 g/mol. The number of piperazine rings is 1. The first-order valence-electron chi connectivity index (χ1n) is 9.12. The molecule has 1 heterocycles. The Labute approximate surface area is 153 Å². The Kier molecular flexibility index (Phi) is 4.78. The number of fused-ring (bicyclic) bond motifs is 1. The van der Waals surface area contributed by atoms with E-state index < -0.39 is 6.10 Å². The molecule has 1 saturated heterocycles. The fourth-order valence-corrected chi connectivity index (χ4v) is 3.62. The number of anilines is 1. The van der Waals surface area contributed by atoms with Crippen molar-refractivity contribution in [2.45, 2.75) is 6.10 Å². The largest absolute Gasteiger partial charge is 0.508 e. The Morgan fingerprint density at radius 1 is 0.808 bits per heavy atom. The molecule has 1 aliphatic rings. The number of benzene rings is 3. The van der Waals surface area contributed by atoms with Crippen molar-refractivity contribution >= 4 is 16.5 Å². The lowest BCUT2D eigenvalue weighted by molar-refractivity contribution is 0.109. The average molecular weight is 348 g/mol. The lowest BCUT2D eigenvalue weighted by Gasteiger charge is -2.37. The van der Waals surface area contributed by atoms with E-state index in [0.29, 0.717) is 12.3 Å². The standard InChI is InChI=1S/C22H24N2O2/c25-21-9-7-20(8-10-21)24-13-11-23(12-14-24)16-22(26)19-6-5-17-3-1-2-4-18(17)15-19/h1-10,15,22,25-26H,11-14,16H2. The minimum atomic E-state index is -0.472. The number of nitrogens with zero attached hydrogens (tertiary/aromatic N) is 2. The first kappa shape index (κ1) is 16.9. The minimum absolute atomic E-state index is 0.297. The molecule has 4 heteroatoms. The van der Waals surface area contributed by atoms with Gasteiger partial charge in [-0.05, 0) is 46.7 Å². The van der Waals surface area contributed by atoms with E-state index in [-0.39, 0.29) is 0 Å². The van der Waals surface area contributed by atoms with Crippen LogP contribution in [0.25, 0.3) is 10.8 Å². The van der Waals surface area contributed by atoms with Gasteiger partial charge in [0.05, 0.1) is 6.10 Å². The van der Waals surface area contributed by atoms with Crippen LogP contribution < -0.4 is 4.90 Å². The molecule has 4 rings (SSSR count). The van der Waals surface area contributed by atoms with Gasteiger partial charge in [-0.25, -0.2) is 0 Å². The molecule has 0 saturated carbocycles. The van der Waals surface area contributed by atoms with Gasteiger partial charge in [-0.2, -0.15) is 0 Å². The molecule has 1 fully saturated rings. The molecule has 0 amide bonds. The number of aromatic hydroxyl groups is 1. The average Bonchev–Trinajstić information content (AvgIpc) is 2.69. The number of rotatable bonds is 4. The second-order valence-electron chi connectivity index (χ2n) is 6.93. The number of aliphatic hydroxyl groups excluding tert-OH is 1. The molecule has 1 atom stereocenters. The number of phenolic OH excluding ortho intramolecular Hbond substituents is 1. The van der Waals surface area contributed by atoms with Gasteiger partial charge in [0.1, 0.15) is 5.75 Å². The molecule has 1 unspecified atom stereocenters. The molecule has 0 aromatic heterocycles. The van der Waals surface area contributed by atoms with E-state index in [4.69, 9.17) is 0 Å². The van der Waals surface area contributed by atoms with Crippen LogP contribution in [0.2, 0.25) is 0 Å². The van der Waals surface area contributed by atoms with Crippen molar-refractivity contribution in [2.75, 3.05) is 37.6 Å². The summed E-state index contributed by atoms with van der Waals surface area (Å²) >= 11 is 0. The van der Waals surface area contributed by atoms with Gasteiger partial charge >= 0.3 is 0 Å². The van der Waals surface area contributed by atoms with Crippen molar-refractivity contribution in [3.8, 4) is 5.75 Å². The van der Waals surface area contributed by atoms with Crippen molar-refractivity contribution < 1.29 is 10.2 Å². The number of aliphatic hydroxyl groups is 1. The van der Waals surface area contributed by atoms with Gasteiger partial charge in [-0.1, -0.05) is 36.4 Å². The van der Waals surface area contributed by atoms with Crippen LogP contribution >= 0.6 is 0 Å². The summed E-state index contributed by atoms with van der Waals surface area (Å²) in [6.45, 7) is 4.35. The molecule has 134 valence electrons. The number of hydrogen-bond acceptors (Lipinski definition) is 4. The molecule has 26 heavy (non-hydrogen) atoms. The summed E-state index contributed by atoms with van der Waals surface area (Å²) in [6.07, 6.45) is -0.472. The van der Waals surface area contributed by atoms with E-state index in [1.165, 1.54) is 10.8 Å². The predicted molar refractivity (Wildman–Crippen MR) is 106 cm³/mol. The maximum Gasteiger partial charge on any atom is 0.115 e. The van der Waals surface area contributed by atoms with Crippen molar-refractivity contribution in [2.24, 2.45) is 0 Å². The van der Waals surface area contributed by atoms with E-state index >= 15 is 0 Å². The van der Waals surface area contributed by atoms with Gasteiger partial charge < -0.3 is 15.1 Å². The monoisotopic (exact) mass is 348 g/mol. The van der Waals surface area contributed by atoms with Gasteiger partial charge in [0, 0.05) is 38.4 Å². The zero-order chi connectivity index (χ0) is 17.9. The molecular formula is C22H24N2O2. The highest BCUT2D eigenvalue weighted by atomic mass is 16.3. The van der Waals surface area contributed by atoms with Crippen LogP contribution in [-0.4, -0.2) is 47.8 Å². The van der Waals surface area contributed by atoms with Crippen molar-refractivity contribution in [1.29, 1.82) is 0 Å². The van der Waals surface area contributed by atoms with Crippen LogP contribution in [0.4, 0.5) is 5.69 Å². The lowest BCUT2D eigenvalue weighted by atomic mass is 10.0. The van der Waals surface area contributed by atoms with Crippen LogP contribution in [0.3, 0.4) is 0 Å². The third-order valence-electron chi connectivity index (χ3n) is 5.18. The molecule has 2 N–H and O–H groups in total. The second kappa shape index (κ2) is 7.36. The quantitative estimate of drug-likeness (QED) is 0.759.